The van der Waals surface area contributed by atoms with Gasteiger partial charge in [0.25, 0.3) is 5.91 Å². The Hall–Kier alpha value is -1.55. The minimum Gasteiger partial charge on any atom is -0.284 e. The zero-order valence-electron chi connectivity index (χ0n) is 18.8. The molecule has 0 radical (unpaired) electrons. The predicted molar refractivity (Wildman–Crippen MR) is 129 cm³/mol. The summed E-state index contributed by atoms with van der Waals surface area (Å²) >= 11 is 1.61. The molecular weight excluding hydrogens is 388 g/mol. The van der Waals surface area contributed by atoms with Gasteiger partial charge in [0, 0.05) is 6.04 Å². The molecule has 0 aromatic heterocycles. The lowest BCUT2D eigenvalue weighted by molar-refractivity contribution is -0.124. The Morgan fingerprint density at radius 3 is 2.13 bits per heavy atom. The Bertz CT molecular complexity index is 806. The number of benzene rings is 1. The molecule has 0 bridgehead atoms. The van der Waals surface area contributed by atoms with Gasteiger partial charge in [-0.15, -0.1) is 0 Å². The van der Waals surface area contributed by atoms with E-state index in [9.17, 15) is 4.79 Å². The molecule has 162 valence electrons. The molecule has 4 rings (SSSR count). The summed E-state index contributed by atoms with van der Waals surface area (Å²) in [5.41, 5.74) is 2.56. The second-order valence-electron chi connectivity index (χ2n) is 10.2. The van der Waals surface area contributed by atoms with E-state index in [1.165, 1.54) is 56.9 Å². The van der Waals surface area contributed by atoms with Crippen LogP contribution >= 0.6 is 11.8 Å². The summed E-state index contributed by atoms with van der Waals surface area (Å²) in [5, 5.41) is 0.969. The van der Waals surface area contributed by atoms with Crippen LogP contribution < -0.4 is 0 Å². The van der Waals surface area contributed by atoms with E-state index in [2.05, 4.69) is 56.0 Å². The Balaban J connectivity index is 1.60. The number of amidine groups is 1. The van der Waals surface area contributed by atoms with Gasteiger partial charge in [0.15, 0.2) is 5.17 Å². The number of rotatable bonds is 3. The summed E-state index contributed by atoms with van der Waals surface area (Å²) in [6.45, 7) is 6.69. The van der Waals surface area contributed by atoms with Crippen LogP contribution in [0.5, 0.6) is 0 Å². The van der Waals surface area contributed by atoms with Crippen LogP contribution in [0.15, 0.2) is 34.2 Å². The third kappa shape index (κ3) is 5.01. The normalized spacial score (nSPS) is 24.9. The lowest BCUT2D eigenvalue weighted by atomic mass is 9.87. The molecule has 0 unspecified atom stereocenters. The van der Waals surface area contributed by atoms with Crippen molar-refractivity contribution < 1.29 is 4.79 Å². The molecule has 1 aromatic rings. The van der Waals surface area contributed by atoms with E-state index < -0.39 is 0 Å². The van der Waals surface area contributed by atoms with Crippen molar-refractivity contribution in [3.8, 4) is 0 Å². The van der Waals surface area contributed by atoms with Crippen LogP contribution in [0.1, 0.15) is 96.1 Å². The molecule has 3 nitrogen and oxygen atoms in total. The molecule has 2 saturated carbocycles. The number of carbonyl (C=O) groups is 1. The maximum Gasteiger partial charge on any atom is 0.266 e. The highest BCUT2D eigenvalue weighted by molar-refractivity contribution is 8.18. The van der Waals surface area contributed by atoms with Crippen LogP contribution in [0.25, 0.3) is 6.08 Å². The van der Waals surface area contributed by atoms with Crippen molar-refractivity contribution in [1.29, 1.82) is 0 Å². The Labute approximate surface area is 186 Å². The molecule has 1 saturated heterocycles. The first-order valence-electron chi connectivity index (χ1n) is 11.8. The number of aliphatic imine (C=N–C) groups is 1. The monoisotopic (exact) mass is 424 g/mol. The minimum atomic E-state index is 0.140. The van der Waals surface area contributed by atoms with Gasteiger partial charge in [-0.3, -0.25) is 14.7 Å². The summed E-state index contributed by atoms with van der Waals surface area (Å²) in [4.78, 5) is 21.5. The third-order valence-corrected chi connectivity index (χ3v) is 7.72. The number of hydrogen-bond acceptors (Lipinski definition) is 3. The highest BCUT2D eigenvalue weighted by Crippen LogP contribution is 2.38. The van der Waals surface area contributed by atoms with Gasteiger partial charge in [0.1, 0.15) is 0 Å². The van der Waals surface area contributed by atoms with Gasteiger partial charge in [0.05, 0.1) is 10.9 Å². The lowest BCUT2D eigenvalue weighted by Crippen LogP contribution is -2.41. The molecule has 1 heterocycles. The molecule has 0 N–H and O–H groups in total. The SMILES string of the molecule is CC(C)(C)c1ccc(C=C2SC(=NC3CCCCC3)N(C3CCCCC3)C2=O)cc1. The second-order valence-corrected chi connectivity index (χ2v) is 11.2. The van der Waals surface area contributed by atoms with Crippen molar-refractivity contribution >= 4 is 28.9 Å². The molecule has 1 aliphatic heterocycles. The highest BCUT2D eigenvalue weighted by Gasteiger charge is 2.39. The van der Waals surface area contributed by atoms with Gasteiger partial charge in [-0.2, -0.15) is 0 Å². The standard InChI is InChI=1S/C26H36N2OS/c1-26(2,3)20-16-14-19(15-17-20)18-23-24(29)28(22-12-8-5-9-13-22)25(30-23)27-21-10-6-4-7-11-21/h14-18,21-22H,4-13H2,1-3H3. The molecule has 1 amide bonds. The highest BCUT2D eigenvalue weighted by atomic mass is 32.2. The summed E-state index contributed by atoms with van der Waals surface area (Å²) in [5.74, 6) is 0.168. The van der Waals surface area contributed by atoms with E-state index in [1.54, 1.807) is 11.8 Å². The van der Waals surface area contributed by atoms with E-state index in [1.807, 2.05) is 0 Å². The van der Waals surface area contributed by atoms with Crippen LogP contribution in [0, 0.1) is 0 Å². The van der Waals surface area contributed by atoms with Gasteiger partial charge in [-0.25, -0.2) is 0 Å². The first kappa shape index (κ1) is 21.7. The van der Waals surface area contributed by atoms with E-state index in [4.69, 9.17) is 4.99 Å². The first-order valence-corrected chi connectivity index (χ1v) is 12.6. The number of carbonyl (C=O) groups excluding carboxylic acids is 1. The quantitative estimate of drug-likeness (QED) is 0.493. The van der Waals surface area contributed by atoms with E-state index in [0.29, 0.717) is 12.1 Å². The van der Waals surface area contributed by atoms with Crippen molar-refractivity contribution in [3.05, 3.63) is 40.3 Å². The van der Waals surface area contributed by atoms with E-state index in [-0.39, 0.29) is 11.3 Å². The number of nitrogens with zero attached hydrogens (tertiary/aromatic N) is 2. The van der Waals surface area contributed by atoms with Crippen molar-refractivity contribution in [2.45, 2.75) is 102 Å². The fourth-order valence-corrected chi connectivity index (χ4v) is 5.94. The topological polar surface area (TPSA) is 32.7 Å². The summed E-state index contributed by atoms with van der Waals surface area (Å²) < 4.78 is 0. The molecule has 3 aliphatic rings. The van der Waals surface area contributed by atoms with Gasteiger partial charge < -0.3 is 0 Å². The van der Waals surface area contributed by atoms with E-state index in [0.717, 1.165) is 28.5 Å². The number of thioether (sulfide) groups is 1. The lowest BCUT2D eigenvalue weighted by Gasteiger charge is -2.31. The van der Waals surface area contributed by atoms with Gasteiger partial charge in [0.2, 0.25) is 0 Å². The van der Waals surface area contributed by atoms with Gasteiger partial charge in [-0.1, -0.05) is 83.6 Å². The van der Waals surface area contributed by atoms with Crippen LogP contribution in [-0.4, -0.2) is 28.1 Å². The van der Waals surface area contributed by atoms with Crippen LogP contribution in [0.3, 0.4) is 0 Å². The Kier molecular flexibility index (Phi) is 6.72. The van der Waals surface area contributed by atoms with Gasteiger partial charge in [-0.05, 0) is 60.1 Å². The predicted octanol–water partition coefficient (Wildman–Crippen LogP) is 6.92. The summed E-state index contributed by atoms with van der Waals surface area (Å²) in [6.07, 6.45) is 14.3. The fraction of sp³-hybridized carbons (Fsp3) is 0.615. The Morgan fingerprint density at radius 1 is 0.933 bits per heavy atom. The minimum absolute atomic E-state index is 0.140. The van der Waals surface area contributed by atoms with Crippen molar-refractivity contribution in [3.63, 3.8) is 0 Å². The zero-order valence-corrected chi connectivity index (χ0v) is 19.6. The summed E-state index contributed by atoms with van der Waals surface area (Å²) in [7, 11) is 0. The molecule has 0 atom stereocenters. The zero-order chi connectivity index (χ0) is 21.1. The van der Waals surface area contributed by atoms with Crippen LogP contribution in [0.2, 0.25) is 0 Å². The average molecular weight is 425 g/mol. The second kappa shape index (κ2) is 9.30. The molecular formula is C26H36N2OS. The van der Waals surface area contributed by atoms with Gasteiger partial charge >= 0.3 is 0 Å². The number of hydrogen-bond donors (Lipinski definition) is 0. The number of amides is 1. The van der Waals surface area contributed by atoms with E-state index >= 15 is 0 Å². The fourth-order valence-electron chi connectivity index (χ4n) is 4.83. The molecule has 30 heavy (non-hydrogen) atoms. The average Bonchev–Trinajstić information content (AvgIpc) is 3.04. The van der Waals surface area contributed by atoms with Crippen molar-refractivity contribution in [2.24, 2.45) is 4.99 Å². The van der Waals surface area contributed by atoms with Crippen LogP contribution in [-0.2, 0) is 10.2 Å². The largest absolute Gasteiger partial charge is 0.284 e. The first-order chi connectivity index (χ1) is 14.4. The van der Waals surface area contributed by atoms with Crippen molar-refractivity contribution in [2.75, 3.05) is 0 Å². The maximum atomic E-state index is 13.4. The molecule has 0 spiro atoms. The third-order valence-electron chi connectivity index (χ3n) is 6.72. The molecule has 2 aliphatic carbocycles. The van der Waals surface area contributed by atoms with Crippen LogP contribution in [0.4, 0.5) is 0 Å². The van der Waals surface area contributed by atoms with Crippen molar-refractivity contribution in [1.82, 2.24) is 4.90 Å². The molecule has 3 fully saturated rings. The molecule has 1 aromatic carbocycles. The summed E-state index contributed by atoms with van der Waals surface area (Å²) in [6, 6.07) is 9.38. The smallest absolute Gasteiger partial charge is 0.266 e. The maximum absolute atomic E-state index is 13.4. The molecule has 4 heteroatoms. The Morgan fingerprint density at radius 2 is 1.53 bits per heavy atom.